The molecule has 1 atom stereocenters. The highest BCUT2D eigenvalue weighted by molar-refractivity contribution is 5.11. The lowest BCUT2D eigenvalue weighted by atomic mass is 10.1. The SMILES string of the molecule is CCC(N)Cc1cc(C)nc(CC(F)(F)F)n1. The van der Waals surface area contributed by atoms with Gasteiger partial charge in [0.2, 0.25) is 0 Å². The molecule has 1 heterocycles. The van der Waals surface area contributed by atoms with Crippen molar-refractivity contribution in [3.63, 3.8) is 0 Å². The maximum Gasteiger partial charge on any atom is 0.396 e. The van der Waals surface area contributed by atoms with E-state index in [2.05, 4.69) is 9.97 Å². The number of nitrogens with zero attached hydrogens (tertiary/aromatic N) is 2. The molecule has 0 saturated heterocycles. The van der Waals surface area contributed by atoms with Gasteiger partial charge in [-0.15, -0.1) is 0 Å². The Morgan fingerprint density at radius 3 is 2.53 bits per heavy atom. The minimum absolute atomic E-state index is 0.0805. The number of hydrogen-bond donors (Lipinski definition) is 1. The molecule has 0 aliphatic heterocycles. The monoisotopic (exact) mass is 247 g/mol. The van der Waals surface area contributed by atoms with Crippen molar-refractivity contribution in [3.8, 4) is 0 Å². The van der Waals surface area contributed by atoms with Crippen LogP contribution in [0.3, 0.4) is 0 Å². The van der Waals surface area contributed by atoms with Gasteiger partial charge in [0.25, 0.3) is 0 Å². The summed E-state index contributed by atoms with van der Waals surface area (Å²) < 4.78 is 36.7. The second-order valence-corrected chi connectivity index (χ2v) is 4.08. The van der Waals surface area contributed by atoms with Crippen LogP contribution >= 0.6 is 0 Å². The quantitative estimate of drug-likeness (QED) is 0.887. The molecular weight excluding hydrogens is 231 g/mol. The number of aromatic nitrogens is 2. The third kappa shape index (κ3) is 5.12. The molecule has 0 saturated carbocycles. The molecule has 0 bridgehead atoms. The van der Waals surface area contributed by atoms with E-state index in [4.69, 9.17) is 5.73 Å². The van der Waals surface area contributed by atoms with Crippen molar-refractivity contribution >= 4 is 0 Å². The summed E-state index contributed by atoms with van der Waals surface area (Å²) in [7, 11) is 0. The van der Waals surface area contributed by atoms with Crippen molar-refractivity contribution in [1.82, 2.24) is 9.97 Å². The molecule has 3 nitrogen and oxygen atoms in total. The third-order valence-corrected chi connectivity index (χ3v) is 2.31. The molecule has 6 heteroatoms. The summed E-state index contributed by atoms with van der Waals surface area (Å²) in [5.74, 6) is -0.184. The second-order valence-electron chi connectivity index (χ2n) is 4.08. The molecule has 17 heavy (non-hydrogen) atoms. The molecule has 0 aliphatic rings. The highest BCUT2D eigenvalue weighted by Gasteiger charge is 2.29. The Kier molecular flexibility index (Phi) is 4.45. The van der Waals surface area contributed by atoms with Crippen LogP contribution in [0, 0.1) is 6.92 Å². The van der Waals surface area contributed by atoms with Crippen LogP contribution in [0.15, 0.2) is 6.07 Å². The van der Waals surface area contributed by atoms with E-state index in [1.807, 2.05) is 6.92 Å². The fourth-order valence-corrected chi connectivity index (χ4v) is 1.48. The number of alkyl halides is 3. The van der Waals surface area contributed by atoms with Crippen LogP contribution in [0.5, 0.6) is 0 Å². The standard InChI is InChI=1S/C11H16F3N3/c1-3-8(15)5-9-4-7(2)16-10(17-9)6-11(12,13)14/h4,8H,3,5-6,15H2,1-2H3. The van der Waals surface area contributed by atoms with Gasteiger partial charge in [-0.25, -0.2) is 9.97 Å². The van der Waals surface area contributed by atoms with Crippen molar-refractivity contribution in [2.75, 3.05) is 0 Å². The molecule has 1 unspecified atom stereocenters. The molecule has 0 fully saturated rings. The fourth-order valence-electron chi connectivity index (χ4n) is 1.48. The van der Waals surface area contributed by atoms with Gasteiger partial charge < -0.3 is 5.73 Å². The van der Waals surface area contributed by atoms with Crippen molar-refractivity contribution in [3.05, 3.63) is 23.3 Å². The average molecular weight is 247 g/mol. The van der Waals surface area contributed by atoms with Crippen molar-refractivity contribution in [1.29, 1.82) is 0 Å². The molecule has 1 rings (SSSR count). The molecule has 1 aromatic heterocycles. The average Bonchev–Trinajstić information content (AvgIpc) is 2.13. The second kappa shape index (κ2) is 5.44. The topological polar surface area (TPSA) is 51.8 Å². The van der Waals surface area contributed by atoms with Gasteiger partial charge in [-0.3, -0.25) is 0 Å². The third-order valence-electron chi connectivity index (χ3n) is 2.31. The first kappa shape index (κ1) is 13.9. The maximum atomic E-state index is 12.2. The van der Waals surface area contributed by atoms with Crippen LogP contribution in [-0.4, -0.2) is 22.2 Å². The Balaban J connectivity index is 2.86. The Bertz CT molecular complexity index is 377. The van der Waals surface area contributed by atoms with E-state index in [0.29, 0.717) is 17.8 Å². The Labute approximate surface area is 98.3 Å². The smallest absolute Gasteiger partial charge is 0.327 e. The lowest BCUT2D eigenvalue weighted by Crippen LogP contribution is -2.23. The molecule has 0 aliphatic carbocycles. The van der Waals surface area contributed by atoms with E-state index >= 15 is 0 Å². The van der Waals surface area contributed by atoms with Crippen LogP contribution < -0.4 is 5.73 Å². The van der Waals surface area contributed by atoms with E-state index in [9.17, 15) is 13.2 Å². The van der Waals surface area contributed by atoms with E-state index in [1.54, 1.807) is 13.0 Å². The minimum Gasteiger partial charge on any atom is -0.327 e. The van der Waals surface area contributed by atoms with Crippen molar-refractivity contribution in [2.45, 2.75) is 45.3 Å². The summed E-state index contributed by atoms with van der Waals surface area (Å²) in [6.07, 6.45) is -4.14. The molecule has 0 aromatic carbocycles. The van der Waals surface area contributed by atoms with E-state index in [1.165, 1.54) is 0 Å². The van der Waals surface area contributed by atoms with Gasteiger partial charge in [-0.1, -0.05) is 6.92 Å². The van der Waals surface area contributed by atoms with E-state index in [0.717, 1.165) is 6.42 Å². The van der Waals surface area contributed by atoms with E-state index in [-0.39, 0.29) is 11.9 Å². The summed E-state index contributed by atoms with van der Waals surface area (Å²) in [5.41, 5.74) is 6.86. The number of nitrogens with two attached hydrogens (primary N) is 1. The molecule has 0 radical (unpaired) electrons. The molecule has 2 N–H and O–H groups in total. The fraction of sp³-hybridized carbons (Fsp3) is 0.636. The van der Waals surface area contributed by atoms with E-state index < -0.39 is 12.6 Å². The van der Waals surface area contributed by atoms with Crippen LogP contribution in [0.1, 0.15) is 30.6 Å². The Morgan fingerprint density at radius 2 is 2.00 bits per heavy atom. The number of rotatable bonds is 4. The highest BCUT2D eigenvalue weighted by atomic mass is 19.4. The molecule has 1 aromatic rings. The van der Waals surface area contributed by atoms with Crippen LogP contribution in [0.25, 0.3) is 0 Å². The maximum absolute atomic E-state index is 12.2. The van der Waals surface area contributed by atoms with Gasteiger partial charge in [0.15, 0.2) is 0 Å². The first-order valence-corrected chi connectivity index (χ1v) is 5.46. The molecular formula is C11H16F3N3. The zero-order valence-electron chi connectivity index (χ0n) is 9.88. The summed E-state index contributed by atoms with van der Waals surface area (Å²) in [6, 6.07) is 1.60. The van der Waals surface area contributed by atoms with Crippen LogP contribution in [-0.2, 0) is 12.8 Å². The zero-order valence-corrected chi connectivity index (χ0v) is 9.88. The number of halogens is 3. The van der Waals surface area contributed by atoms with Crippen LogP contribution in [0.4, 0.5) is 13.2 Å². The molecule has 0 spiro atoms. The van der Waals surface area contributed by atoms with Gasteiger partial charge in [0.05, 0.1) is 0 Å². The van der Waals surface area contributed by atoms with Crippen molar-refractivity contribution < 1.29 is 13.2 Å². The number of aryl methyl sites for hydroxylation is 1. The largest absolute Gasteiger partial charge is 0.396 e. The van der Waals surface area contributed by atoms with Gasteiger partial charge in [0, 0.05) is 23.9 Å². The first-order valence-electron chi connectivity index (χ1n) is 5.46. The normalized spacial score (nSPS) is 13.8. The lowest BCUT2D eigenvalue weighted by molar-refractivity contribution is -0.128. The molecule has 96 valence electrons. The summed E-state index contributed by atoms with van der Waals surface area (Å²) >= 11 is 0. The van der Waals surface area contributed by atoms with Gasteiger partial charge in [-0.2, -0.15) is 13.2 Å². The van der Waals surface area contributed by atoms with Crippen LogP contribution in [0.2, 0.25) is 0 Å². The Morgan fingerprint density at radius 1 is 1.35 bits per heavy atom. The van der Waals surface area contributed by atoms with Gasteiger partial charge in [0.1, 0.15) is 12.2 Å². The highest BCUT2D eigenvalue weighted by Crippen LogP contribution is 2.19. The first-order chi connectivity index (χ1) is 7.80. The van der Waals surface area contributed by atoms with Gasteiger partial charge >= 0.3 is 6.18 Å². The summed E-state index contributed by atoms with van der Waals surface area (Å²) in [5, 5.41) is 0. The summed E-state index contributed by atoms with van der Waals surface area (Å²) in [4.78, 5) is 7.68. The minimum atomic E-state index is -4.28. The lowest BCUT2D eigenvalue weighted by Gasteiger charge is -2.11. The van der Waals surface area contributed by atoms with Gasteiger partial charge in [-0.05, 0) is 19.4 Å². The van der Waals surface area contributed by atoms with Crippen molar-refractivity contribution in [2.24, 2.45) is 5.73 Å². The summed E-state index contributed by atoms with van der Waals surface area (Å²) in [6.45, 7) is 3.58. The Hall–Kier alpha value is -1.17. The zero-order chi connectivity index (χ0) is 13.1. The predicted octanol–water partition coefficient (Wildman–Crippen LogP) is 2.17. The molecule has 0 amide bonds. The number of hydrogen-bond acceptors (Lipinski definition) is 3. The predicted molar refractivity (Wildman–Crippen MR) is 58.5 cm³/mol.